The number of rotatable bonds is 4. The lowest BCUT2D eigenvalue weighted by molar-refractivity contribution is -0.127. The summed E-state index contributed by atoms with van der Waals surface area (Å²) in [6.45, 7) is 2.49. The average Bonchev–Trinajstić information content (AvgIpc) is 3.33. The van der Waals surface area contributed by atoms with E-state index >= 15 is 0 Å². The number of carbonyl (C=O) groups is 1. The minimum absolute atomic E-state index is 0.0766. The molecule has 2 aliphatic heterocycles. The summed E-state index contributed by atoms with van der Waals surface area (Å²) in [5, 5.41) is 0. The summed E-state index contributed by atoms with van der Waals surface area (Å²) >= 11 is 0. The van der Waals surface area contributed by atoms with Crippen molar-refractivity contribution >= 4 is 21.8 Å². The zero-order chi connectivity index (χ0) is 20.4. The molecule has 154 valence electrons. The van der Waals surface area contributed by atoms with Crippen LogP contribution >= 0.6 is 0 Å². The summed E-state index contributed by atoms with van der Waals surface area (Å²) < 4.78 is 42.8. The van der Waals surface area contributed by atoms with Crippen LogP contribution in [-0.2, 0) is 14.6 Å². The van der Waals surface area contributed by atoms with Gasteiger partial charge in [-0.3, -0.25) is 9.69 Å². The Kier molecular flexibility index (Phi) is 5.56. The molecule has 4 rings (SSSR count). The first kappa shape index (κ1) is 19.8. The molecule has 1 aromatic heterocycles. The number of carbonyl (C=O) groups excluding carboxylic acids is 1. The molecule has 3 heterocycles. The Morgan fingerprint density at radius 3 is 2.55 bits per heavy atom. The van der Waals surface area contributed by atoms with Crippen molar-refractivity contribution in [1.82, 2.24) is 9.80 Å². The van der Waals surface area contributed by atoms with E-state index in [4.69, 9.17) is 4.42 Å². The van der Waals surface area contributed by atoms with Crippen molar-refractivity contribution in [2.75, 3.05) is 37.7 Å². The molecule has 1 aromatic carbocycles. The third-order valence-electron chi connectivity index (χ3n) is 5.51. The van der Waals surface area contributed by atoms with Gasteiger partial charge in [-0.05, 0) is 36.8 Å². The zero-order valence-corrected chi connectivity index (χ0v) is 16.8. The molecule has 2 aromatic rings. The molecule has 1 atom stereocenters. The van der Waals surface area contributed by atoms with Gasteiger partial charge in [-0.15, -0.1) is 0 Å². The zero-order valence-electron chi connectivity index (χ0n) is 16.0. The molecule has 6 nitrogen and oxygen atoms in total. The molecule has 0 spiro atoms. The van der Waals surface area contributed by atoms with Gasteiger partial charge in [-0.1, -0.05) is 12.1 Å². The molecule has 2 fully saturated rings. The fraction of sp³-hybridized carbons (Fsp3) is 0.381. The lowest BCUT2D eigenvalue weighted by atomic mass is 10.1. The highest BCUT2D eigenvalue weighted by Gasteiger charge is 2.34. The van der Waals surface area contributed by atoms with Crippen LogP contribution in [-0.4, -0.2) is 67.9 Å². The van der Waals surface area contributed by atoms with Crippen LogP contribution in [0.15, 0.2) is 46.9 Å². The molecule has 0 unspecified atom stereocenters. The SMILES string of the molecule is O=C(/C=C/c1ccc(-c2ccccc2F)o1)N1CCN([C@@H]2CCS(=O)(=O)C2)CC1. The van der Waals surface area contributed by atoms with Crippen molar-refractivity contribution < 1.29 is 22.0 Å². The largest absolute Gasteiger partial charge is 0.457 e. The summed E-state index contributed by atoms with van der Waals surface area (Å²) in [7, 11) is -2.90. The Morgan fingerprint density at radius 2 is 1.86 bits per heavy atom. The van der Waals surface area contributed by atoms with Crippen molar-refractivity contribution in [3.63, 3.8) is 0 Å². The van der Waals surface area contributed by atoms with Gasteiger partial charge < -0.3 is 9.32 Å². The van der Waals surface area contributed by atoms with Crippen LogP contribution in [0.1, 0.15) is 12.2 Å². The minimum atomic E-state index is -2.90. The third kappa shape index (κ3) is 4.59. The summed E-state index contributed by atoms with van der Waals surface area (Å²) in [6, 6.07) is 9.82. The number of hydrogen-bond acceptors (Lipinski definition) is 5. The highest BCUT2D eigenvalue weighted by Crippen LogP contribution is 2.25. The Morgan fingerprint density at radius 1 is 1.10 bits per heavy atom. The van der Waals surface area contributed by atoms with Crippen molar-refractivity contribution in [2.24, 2.45) is 0 Å². The maximum absolute atomic E-state index is 13.9. The van der Waals surface area contributed by atoms with Gasteiger partial charge in [0.25, 0.3) is 0 Å². The maximum Gasteiger partial charge on any atom is 0.246 e. The van der Waals surface area contributed by atoms with E-state index in [1.165, 1.54) is 12.1 Å². The standard InChI is InChI=1S/C21H23FN2O4S/c22-19-4-2-1-3-18(19)20-7-5-17(28-20)6-8-21(25)24-12-10-23(11-13-24)16-9-14-29(26,27)15-16/h1-8,16H,9-15H2/b8-6+/t16-/m1/s1. The predicted octanol–water partition coefficient (Wildman–Crippen LogP) is 2.43. The number of piperazine rings is 1. The number of halogens is 1. The third-order valence-corrected chi connectivity index (χ3v) is 7.26. The van der Waals surface area contributed by atoms with Gasteiger partial charge in [0, 0.05) is 38.3 Å². The Hall–Kier alpha value is -2.45. The second-order valence-corrected chi connectivity index (χ2v) is 9.66. The van der Waals surface area contributed by atoms with Gasteiger partial charge in [0.2, 0.25) is 5.91 Å². The molecule has 0 saturated carbocycles. The first-order valence-electron chi connectivity index (χ1n) is 9.67. The van der Waals surface area contributed by atoms with Crippen molar-refractivity contribution in [3.8, 4) is 11.3 Å². The topological polar surface area (TPSA) is 70.8 Å². The molecule has 0 N–H and O–H groups in total. The number of sulfone groups is 1. The fourth-order valence-electron chi connectivity index (χ4n) is 3.88. The second-order valence-electron chi connectivity index (χ2n) is 7.43. The van der Waals surface area contributed by atoms with Gasteiger partial charge in [-0.25, -0.2) is 12.8 Å². The Labute approximate surface area is 169 Å². The lowest BCUT2D eigenvalue weighted by Gasteiger charge is -2.37. The van der Waals surface area contributed by atoms with Crippen molar-refractivity contribution in [3.05, 3.63) is 54.1 Å². The summed E-state index contributed by atoms with van der Waals surface area (Å²) in [6.07, 6.45) is 3.72. The van der Waals surface area contributed by atoms with Gasteiger partial charge in [0.1, 0.15) is 17.3 Å². The lowest BCUT2D eigenvalue weighted by Crippen LogP contribution is -2.52. The predicted molar refractivity (Wildman–Crippen MR) is 108 cm³/mol. The number of nitrogens with zero attached hydrogens (tertiary/aromatic N) is 2. The van der Waals surface area contributed by atoms with E-state index < -0.39 is 9.84 Å². The van der Waals surface area contributed by atoms with Crippen LogP contribution in [0.5, 0.6) is 0 Å². The number of amides is 1. The Balaban J connectivity index is 1.32. The molecular formula is C21H23FN2O4S. The molecular weight excluding hydrogens is 395 g/mol. The second kappa shape index (κ2) is 8.12. The van der Waals surface area contributed by atoms with Gasteiger partial charge in [-0.2, -0.15) is 0 Å². The van der Waals surface area contributed by atoms with Crippen LogP contribution in [0.4, 0.5) is 4.39 Å². The van der Waals surface area contributed by atoms with Crippen LogP contribution in [0, 0.1) is 5.82 Å². The first-order chi connectivity index (χ1) is 13.9. The monoisotopic (exact) mass is 418 g/mol. The molecule has 2 aliphatic rings. The van der Waals surface area contributed by atoms with Crippen LogP contribution in [0.25, 0.3) is 17.4 Å². The van der Waals surface area contributed by atoms with E-state index in [9.17, 15) is 17.6 Å². The van der Waals surface area contributed by atoms with E-state index in [-0.39, 0.29) is 29.3 Å². The molecule has 29 heavy (non-hydrogen) atoms. The quantitative estimate of drug-likeness (QED) is 0.714. The normalized spacial score (nSPS) is 22.4. The average molecular weight is 418 g/mol. The summed E-state index contributed by atoms with van der Waals surface area (Å²) in [5.41, 5.74) is 0.378. The summed E-state index contributed by atoms with van der Waals surface area (Å²) in [4.78, 5) is 16.4. The molecule has 1 amide bonds. The van der Waals surface area contributed by atoms with Crippen molar-refractivity contribution in [1.29, 1.82) is 0 Å². The van der Waals surface area contributed by atoms with Crippen LogP contribution < -0.4 is 0 Å². The highest BCUT2D eigenvalue weighted by molar-refractivity contribution is 7.91. The van der Waals surface area contributed by atoms with E-state index in [2.05, 4.69) is 4.90 Å². The first-order valence-corrected chi connectivity index (χ1v) is 11.5. The van der Waals surface area contributed by atoms with Gasteiger partial charge >= 0.3 is 0 Å². The van der Waals surface area contributed by atoms with Gasteiger partial charge in [0.05, 0.1) is 17.1 Å². The van der Waals surface area contributed by atoms with E-state index in [1.54, 1.807) is 41.3 Å². The molecule has 0 bridgehead atoms. The smallest absolute Gasteiger partial charge is 0.246 e. The molecule has 2 saturated heterocycles. The summed E-state index contributed by atoms with van der Waals surface area (Å²) in [5.74, 6) is 0.900. The fourth-order valence-corrected chi connectivity index (χ4v) is 5.64. The van der Waals surface area contributed by atoms with Crippen molar-refractivity contribution in [2.45, 2.75) is 12.5 Å². The maximum atomic E-state index is 13.9. The minimum Gasteiger partial charge on any atom is -0.457 e. The van der Waals surface area contributed by atoms with E-state index in [1.807, 2.05) is 0 Å². The number of hydrogen-bond donors (Lipinski definition) is 0. The molecule has 0 radical (unpaired) electrons. The number of furan rings is 1. The molecule has 8 heteroatoms. The highest BCUT2D eigenvalue weighted by atomic mass is 32.2. The number of benzene rings is 1. The molecule has 0 aliphatic carbocycles. The van der Waals surface area contributed by atoms with Gasteiger partial charge in [0.15, 0.2) is 9.84 Å². The van der Waals surface area contributed by atoms with Crippen LogP contribution in [0.3, 0.4) is 0 Å². The Bertz CT molecular complexity index is 1020. The van der Waals surface area contributed by atoms with Crippen LogP contribution in [0.2, 0.25) is 0 Å². The van der Waals surface area contributed by atoms with E-state index in [0.717, 1.165) is 0 Å². The van der Waals surface area contributed by atoms with E-state index in [0.29, 0.717) is 49.7 Å².